The minimum Gasteiger partial charge on any atom is -0.372 e. The normalized spacial score (nSPS) is 24.8. The molecule has 2 fully saturated rings. The predicted molar refractivity (Wildman–Crippen MR) is 97.8 cm³/mol. The molecule has 2 aliphatic heterocycles. The molecule has 4 rings (SSSR count). The van der Waals surface area contributed by atoms with E-state index in [9.17, 15) is 0 Å². The lowest BCUT2D eigenvalue weighted by molar-refractivity contribution is -0.0442. The minimum absolute atomic E-state index is 0.103. The highest BCUT2D eigenvalue weighted by atomic mass is 16.5. The molecule has 2 saturated heterocycles. The van der Waals surface area contributed by atoms with Crippen LogP contribution in [-0.2, 0) is 4.74 Å². The van der Waals surface area contributed by atoms with Gasteiger partial charge in [-0.1, -0.05) is 19.1 Å². The summed E-state index contributed by atoms with van der Waals surface area (Å²) in [7, 11) is 0. The number of aromatic nitrogens is 2. The highest BCUT2D eigenvalue weighted by molar-refractivity contribution is 5.81. The summed E-state index contributed by atoms with van der Waals surface area (Å²) in [6.07, 6.45) is 3.48. The molecule has 1 aromatic carbocycles. The molecule has 0 bridgehead atoms. The van der Waals surface area contributed by atoms with Crippen LogP contribution in [-0.4, -0.2) is 48.4 Å². The van der Waals surface area contributed by atoms with Crippen molar-refractivity contribution in [2.75, 3.05) is 42.6 Å². The molecule has 0 amide bonds. The Morgan fingerprint density at radius 3 is 2.25 bits per heavy atom. The molecule has 128 valence electrons. The van der Waals surface area contributed by atoms with Crippen LogP contribution in [0.25, 0.3) is 11.0 Å². The smallest absolute Gasteiger partial charge is 0.172 e. The molecule has 24 heavy (non-hydrogen) atoms. The van der Waals surface area contributed by atoms with Gasteiger partial charge in [-0.2, -0.15) is 0 Å². The van der Waals surface area contributed by atoms with Gasteiger partial charge in [0, 0.05) is 26.2 Å². The van der Waals surface area contributed by atoms with Gasteiger partial charge in [-0.25, -0.2) is 9.97 Å². The van der Waals surface area contributed by atoms with E-state index >= 15 is 0 Å². The Hall–Kier alpha value is -1.88. The largest absolute Gasteiger partial charge is 0.372 e. The zero-order valence-corrected chi connectivity index (χ0v) is 14.7. The first-order chi connectivity index (χ1) is 11.7. The van der Waals surface area contributed by atoms with E-state index in [-0.39, 0.29) is 5.60 Å². The van der Waals surface area contributed by atoms with Gasteiger partial charge in [0.05, 0.1) is 23.2 Å². The van der Waals surface area contributed by atoms with Crippen molar-refractivity contribution in [2.24, 2.45) is 0 Å². The molecule has 1 atom stereocenters. The van der Waals surface area contributed by atoms with E-state index in [4.69, 9.17) is 14.7 Å². The third-order valence-corrected chi connectivity index (χ3v) is 5.32. The van der Waals surface area contributed by atoms with Gasteiger partial charge in [0.25, 0.3) is 0 Å². The molecular weight excluding hydrogens is 300 g/mol. The molecule has 0 spiro atoms. The third-order valence-electron chi connectivity index (χ3n) is 5.32. The van der Waals surface area contributed by atoms with E-state index in [0.717, 1.165) is 61.9 Å². The molecule has 1 unspecified atom stereocenters. The molecule has 0 N–H and O–H groups in total. The van der Waals surface area contributed by atoms with Crippen molar-refractivity contribution in [1.29, 1.82) is 0 Å². The summed E-state index contributed by atoms with van der Waals surface area (Å²) in [5, 5.41) is 0. The van der Waals surface area contributed by atoms with E-state index in [1.54, 1.807) is 0 Å². The quantitative estimate of drug-likeness (QED) is 0.866. The van der Waals surface area contributed by atoms with Crippen LogP contribution in [0.15, 0.2) is 24.3 Å². The number of hydrogen-bond donors (Lipinski definition) is 0. The molecular formula is C19H26N4O. The van der Waals surface area contributed by atoms with E-state index in [1.807, 2.05) is 12.1 Å². The third kappa shape index (κ3) is 2.81. The van der Waals surface area contributed by atoms with Gasteiger partial charge in [0.2, 0.25) is 0 Å². The highest BCUT2D eigenvalue weighted by Crippen LogP contribution is 2.33. The summed E-state index contributed by atoms with van der Waals surface area (Å²) < 4.78 is 6.02. The molecule has 5 nitrogen and oxygen atoms in total. The van der Waals surface area contributed by atoms with Gasteiger partial charge in [0.1, 0.15) is 0 Å². The number of benzene rings is 1. The minimum atomic E-state index is -0.103. The van der Waals surface area contributed by atoms with Crippen LogP contribution in [0.1, 0.15) is 33.1 Å². The SMILES string of the molecule is CCC1(C)CN(c2nc3ccccc3nc2N2CCCC2)CCO1. The van der Waals surface area contributed by atoms with Crippen LogP contribution in [0, 0.1) is 0 Å². The zero-order chi connectivity index (χ0) is 16.6. The van der Waals surface area contributed by atoms with Crippen molar-refractivity contribution in [1.82, 2.24) is 9.97 Å². The van der Waals surface area contributed by atoms with Crippen molar-refractivity contribution in [3.8, 4) is 0 Å². The fraction of sp³-hybridized carbons (Fsp3) is 0.579. The van der Waals surface area contributed by atoms with Gasteiger partial charge < -0.3 is 14.5 Å². The van der Waals surface area contributed by atoms with Crippen molar-refractivity contribution in [3.05, 3.63) is 24.3 Å². The first-order valence-corrected chi connectivity index (χ1v) is 9.09. The van der Waals surface area contributed by atoms with Gasteiger partial charge in [0.15, 0.2) is 11.6 Å². The number of anilines is 2. The van der Waals surface area contributed by atoms with Crippen molar-refractivity contribution in [2.45, 2.75) is 38.7 Å². The molecule has 0 radical (unpaired) electrons. The van der Waals surface area contributed by atoms with E-state index in [1.165, 1.54) is 12.8 Å². The Balaban J connectivity index is 1.78. The fourth-order valence-corrected chi connectivity index (χ4v) is 3.66. The summed E-state index contributed by atoms with van der Waals surface area (Å²) in [5.74, 6) is 2.07. The van der Waals surface area contributed by atoms with Crippen LogP contribution in [0.4, 0.5) is 11.6 Å². The standard InChI is InChI=1S/C19H26N4O/c1-3-19(2)14-23(12-13-24-19)18-17(22-10-6-7-11-22)20-15-8-4-5-9-16(15)21-18/h4-5,8-9H,3,6-7,10-14H2,1-2H3. The lowest BCUT2D eigenvalue weighted by atomic mass is 10.0. The molecule has 5 heteroatoms. The Kier molecular flexibility index (Phi) is 4.04. The Morgan fingerprint density at radius 2 is 1.62 bits per heavy atom. The molecule has 2 aliphatic rings. The maximum atomic E-state index is 6.02. The number of ether oxygens (including phenoxy) is 1. The number of rotatable bonds is 3. The summed E-state index contributed by atoms with van der Waals surface area (Å²) in [4.78, 5) is 14.8. The van der Waals surface area contributed by atoms with Gasteiger partial charge in [-0.05, 0) is 38.3 Å². The van der Waals surface area contributed by atoms with Gasteiger partial charge >= 0.3 is 0 Å². The summed E-state index contributed by atoms with van der Waals surface area (Å²) in [6, 6.07) is 8.18. The second kappa shape index (κ2) is 6.20. The zero-order valence-electron chi connectivity index (χ0n) is 14.7. The van der Waals surface area contributed by atoms with Crippen LogP contribution < -0.4 is 9.80 Å². The van der Waals surface area contributed by atoms with Crippen molar-refractivity contribution >= 4 is 22.7 Å². The second-order valence-electron chi connectivity index (χ2n) is 7.13. The van der Waals surface area contributed by atoms with Gasteiger partial charge in [-0.3, -0.25) is 0 Å². The number of hydrogen-bond acceptors (Lipinski definition) is 5. The average molecular weight is 326 g/mol. The summed E-state index contributed by atoms with van der Waals surface area (Å²) >= 11 is 0. The number of fused-ring (bicyclic) bond motifs is 1. The lowest BCUT2D eigenvalue weighted by Gasteiger charge is -2.41. The monoisotopic (exact) mass is 326 g/mol. The first kappa shape index (κ1) is 15.6. The Labute approximate surface area is 143 Å². The van der Waals surface area contributed by atoms with E-state index in [0.29, 0.717) is 0 Å². The van der Waals surface area contributed by atoms with Gasteiger partial charge in [-0.15, -0.1) is 0 Å². The van der Waals surface area contributed by atoms with E-state index in [2.05, 4.69) is 35.8 Å². The maximum absolute atomic E-state index is 6.02. The first-order valence-electron chi connectivity index (χ1n) is 9.09. The predicted octanol–water partition coefficient (Wildman–Crippen LogP) is 3.24. The van der Waals surface area contributed by atoms with Crippen LogP contribution in [0.2, 0.25) is 0 Å². The second-order valence-corrected chi connectivity index (χ2v) is 7.13. The molecule has 0 saturated carbocycles. The molecule has 3 heterocycles. The molecule has 1 aromatic heterocycles. The average Bonchev–Trinajstić information content (AvgIpc) is 3.15. The number of morpholine rings is 1. The fourth-order valence-electron chi connectivity index (χ4n) is 3.66. The Morgan fingerprint density at radius 1 is 1.00 bits per heavy atom. The maximum Gasteiger partial charge on any atom is 0.172 e. The Bertz CT molecular complexity index is 728. The van der Waals surface area contributed by atoms with Crippen LogP contribution in [0.3, 0.4) is 0 Å². The van der Waals surface area contributed by atoms with Crippen molar-refractivity contribution < 1.29 is 4.74 Å². The number of para-hydroxylation sites is 2. The lowest BCUT2D eigenvalue weighted by Crippen LogP contribution is -2.50. The topological polar surface area (TPSA) is 41.5 Å². The highest BCUT2D eigenvalue weighted by Gasteiger charge is 2.33. The van der Waals surface area contributed by atoms with Crippen LogP contribution in [0.5, 0.6) is 0 Å². The molecule has 2 aromatic rings. The number of nitrogens with zero attached hydrogens (tertiary/aromatic N) is 4. The molecule has 0 aliphatic carbocycles. The van der Waals surface area contributed by atoms with Crippen molar-refractivity contribution in [3.63, 3.8) is 0 Å². The summed E-state index contributed by atoms with van der Waals surface area (Å²) in [6.45, 7) is 9.05. The van der Waals surface area contributed by atoms with Crippen LogP contribution >= 0.6 is 0 Å². The van der Waals surface area contributed by atoms with E-state index < -0.39 is 0 Å². The summed E-state index contributed by atoms with van der Waals surface area (Å²) in [5.41, 5.74) is 1.85.